The molecule has 0 unspecified atom stereocenters. The summed E-state index contributed by atoms with van der Waals surface area (Å²) in [6, 6.07) is 1.60. The molecule has 0 saturated heterocycles. The molecule has 0 radical (unpaired) electrons. The number of aryl methyl sites for hydroxylation is 2. The van der Waals surface area contributed by atoms with E-state index in [4.69, 9.17) is 5.11 Å². The first-order valence-corrected chi connectivity index (χ1v) is 7.44. The lowest BCUT2D eigenvalue weighted by molar-refractivity contribution is -0.137. The van der Waals surface area contributed by atoms with Crippen LogP contribution in [0.4, 0.5) is 0 Å². The fraction of sp³-hybridized carbons (Fsp3) is 0.467. The molecule has 2 heterocycles. The van der Waals surface area contributed by atoms with Crippen molar-refractivity contribution in [3.63, 3.8) is 0 Å². The third-order valence-corrected chi connectivity index (χ3v) is 3.73. The summed E-state index contributed by atoms with van der Waals surface area (Å²) in [6.45, 7) is 5.38. The topological polar surface area (TPSA) is 93.3 Å². The lowest BCUT2D eigenvalue weighted by Crippen LogP contribution is -2.29. The van der Waals surface area contributed by atoms with Crippen LogP contribution in [0.1, 0.15) is 35.1 Å². The molecule has 1 amide bonds. The van der Waals surface area contributed by atoms with Crippen molar-refractivity contribution in [2.75, 3.05) is 7.05 Å². The van der Waals surface area contributed by atoms with Crippen molar-refractivity contribution in [3.05, 3.63) is 35.4 Å². The van der Waals surface area contributed by atoms with Gasteiger partial charge in [-0.15, -0.1) is 0 Å². The van der Waals surface area contributed by atoms with Gasteiger partial charge < -0.3 is 10.0 Å². The maximum absolute atomic E-state index is 12.6. The first-order valence-electron chi connectivity index (χ1n) is 7.44. The summed E-state index contributed by atoms with van der Waals surface area (Å²) in [5, 5.41) is 17.1. The van der Waals surface area contributed by atoms with Crippen LogP contribution in [0.2, 0.25) is 0 Å². The Morgan fingerprint density at radius 3 is 2.65 bits per heavy atom. The van der Waals surface area contributed by atoms with Gasteiger partial charge in [0.05, 0.1) is 19.2 Å². The van der Waals surface area contributed by atoms with E-state index in [9.17, 15) is 9.59 Å². The highest BCUT2D eigenvalue weighted by atomic mass is 16.4. The SMILES string of the molecule is CCn1ncc(CN(C)C(=O)c2ccnn2CCC(=O)O)c1C. The van der Waals surface area contributed by atoms with Gasteiger partial charge in [0.15, 0.2) is 0 Å². The van der Waals surface area contributed by atoms with Crippen LogP contribution in [-0.4, -0.2) is 48.5 Å². The van der Waals surface area contributed by atoms with Crippen LogP contribution >= 0.6 is 0 Å². The predicted molar refractivity (Wildman–Crippen MR) is 82.9 cm³/mol. The van der Waals surface area contributed by atoms with Crippen molar-refractivity contribution < 1.29 is 14.7 Å². The summed E-state index contributed by atoms with van der Waals surface area (Å²) in [5.41, 5.74) is 2.40. The fourth-order valence-corrected chi connectivity index (χ4v) is 2.38. The number of carboxylic acid groups (broad SMARTS) is 1. The van der Waals surface area contributed by atoms with E-state index in [1.165, 1.54) is 10.9 Å². The Morgan fingerprint density at radius 2 is 2.04 bits per heavy atom. The molecule has 0 saturated carbocycles. The number of hydrogen-bond acceptors (Lipinski definition) is 4. The zero-order chi connectivity index (χ0) is 17.0. The number of aliphatic carboxylic acids is 1. The van der Waals surface area contributed by atoms with E-state index in [1.807, 2.05) is 18.5 Å². The third-order valence-electron chi connectivity index (χ3n) is 3.73. The zero-order valence-electron chi connectivity index (χ0n) is 13.6. The summed E-state index contributed by atoms with van der Waals surface area (Å²) in [4.78, 5) is 24.8. The first kappa shape index (κ1) is 16.7. The van der Waals surface area contributed by atoms with E-state index in [0.29, 0.717) is 12.2 Å². The van der Waals surface area contributed by atoms with Crippen molar-refractivity contribution in [1.82, 2.24) is 24.5 Å². The van der Waals surface area contributed by atoms with Gasteiger partial charge in [-0.2, -0.15) is 10.2 Å². The minimum atomic E-state index is -0.921. The largest absolute Gasteiger partial charge is 0.481 e. The normalized spacial score (nSPS) is 10.7. The molecule has 0 aliphatic heterocycles. The zero-order valence-corrected chi connectivity index (χ0v) is 13.6. The van der Waals surface area contributed by atoms with Crippen molar-refractivity contribution in [1.29, 1.82) is 0 Å². The molecule has 124 valence electrons. The highest BCUT2D eigenvalue weighted by Gasteiger charge is 2.18. The number of hydrogen-bond donors (Lipinski definition) is 1. The van der Waals surface area contributed by atoms with Crippen molar-refractivity contribution in [3.8, 4) is 0 Å². The Balaban J connectivity index is 2.09. The standard InChI is InChI=1S/C15H21N5O3/c1-4-19-11(2)12(9-17-19)10-18(3)15(23)13-5-7-16-20(13)8-6-14(21)22/h5,7,9H,4,6,8,10H2,1-3H3,(H,21,22). The number of carbonyl (C=O) groups excluding carboxylic acids is 1. The van der Waals surface area contributed by atoms with Gasteiger partial charge in [-0.25, -0.2) is 0 Å². The minimum absolute atomic E-state index is 0.0753. The number of carboxylic acids is 1. The van der Waals surface area contributed by atoms with Crippen LogP contribution in [0.25, 0.3) is 0 Å². The van der Waals surface area contributed by atoms with Gasteiger partial charge in [0.2, 0.25) is 0 Å². The average molecular weight is 319 g/mol. The van der Waals surface area contributed by atoms with Gasteiger partial charge in [0.1, 0.15) is 5.69 Å². The van der Waals surface area contributed by atoms with Gasteiger partial charge in [-0.05, 0) is 19.9 Å². The summed E-state index contributed by atoms with van der Waals surface area (Å²) in [7, 11) is 1.71. The van der Waals surface area contributed by atoms with Gasteiger partial charge >= 0.3 is 5.97 Å². The first-order chi connectivity index (χ1) is 10.9. The Labute approximate surface area is 134 Å². The predicted octanol–water partition coefficient (Wildman–Crippen LogP) is 1.15. The van der Waals surface area contributed by atoms with Crippen LogP contribution < -0.4 is 0 Å². The van der Waals surface area contributed by atoms with Gasteiger partial charge in [-0.1, -0.05) is 0 Å². The highest BCUT2D eigenvalue weighted by Crippen LogP contribution is 2.12. The smallest absolute Gasteiger partial charge is 0.305 e. The molecule has 2 aromatic heterocycles. The lowest BCUT2D eigenvalue weighted by atomic mass is 10.2. The van der Waals surface area contributed by atoms with E-state index in [0.717, 1.165) is 17.8 Å². The van der Waals surface area contributed by atoms with Crippen LogP contribution in [0, 0.1) is 6.92 Å². The molecule has 0 aromatic carbocycles. The maximum Gasteiger partial charge on any atom is 0.305 e. The van der Waals surface area contributed by atoms with Crippen LogP contribution in [0.3, 0.4) is 0 Å². The van der Waals surface area contributed by atoms with E-state index < -0.39 is 5.97 Å². The summed E-state index contributed by atoms with van der Waals surface area (Å²) < 4.78 is 3.31. The van der Waals surface area contributed by atoms with E-state index >= 15 is 0 Å². The summed E-state index contributed by atoms with van der Waals surface area (Å²) in [6.07, 6.45) is 3.20. The number of amides is 1. The summed E-state index contributed by atoms with van der Waals surface area (Å²) in [5.74, 6) is -1.12. The second kappa shape index (κ2) is 7.08. The van der Waals surface area contributed by atoms with Crippen molar-refractivity contribution >= 4 is 11.9 Å². The van der Waals surface area contributed by atoms with Gasteiger partial charge in [0.25, 0.3) is 5.91 Å². The molecular weight excluding hydrogens is 298 g/mol. The Hall–Kier alpha value is -2.64. The van der Waals surface area contributed by atoms with Gasteiger partial charge in [0, 0.05) is 37.6 Å². The molecule has 23 heavy (non-hydrogen) atoms. The Morgan fingerprint density at radius 1 is 1.30 bits per heavy atom. The van der Waals surface area contributed by atoms with Crippen LogP contribution in [0.15, 0.2) is 18.5 Å². The molecule has 8 heteroatoms. The molecule has 0 bridgehead atoms. The average Bonchev–Trinajstić information content (AvgIpc) is 3.11. The molecule has 1 N–H and O–H groups in total. The van der Waals surface area contributed by atoms with E-state index in [-0.39, 0.29) is 18.9 Å². The van der Waals surface area contributed by atoms with Crippen LogP contribution in [-0.2, 0) is 24.4 Å². The molecule has 2 aromatic rings. The number of rotatable bonds is 7. The minimum Gasteiger partial charge on any atom is -0.481 e. The van der Waals surface area contributed by atoms with E-state index in [2.05, 4.69) is 10.2 Å². The molecule has 0 fully saturated rings. The summed E-state index contributed by atoms with van der Waals surface area (Å²) >= 11 is 0. The number of aromatic nitrogens is 4. The molecule has 0 aliphatic carbocycles. The quantitative estimate of drug-likeness (QED) is 0.826. The second-order valence-electron chi connectivity index (χ2n) is 5.32. The molecule has 0 atom stereocenters. The van der Waals surface area contributed by atoms with E-state index in [1.54, 1.807) is 24.2 Å². The number of carbonyl (C=O) groups is 2. The maximum atomic E-state index is 12.6. The molecule has 0 spiro atoms. The third kappa shape index (κ3) is 3.77. The fourth-order valence-electron chi connectivity index (χ4n) is 2.38. The number of nitrogens with zero attached hydrogens (tertiary/aromatic N) is 5. The van der Waals surface area contributed by atoms with Crippen molar-refractivity contribution in [2.45, 2.75) is 39.9 Å². The second-order valence-corrected chi connectivity index (χ2v) is 5.32. The van der Waals surface area contributed by atoms with Crippen molar-refractivity contribution in [2.24, 2.45) is 0 Å². The Bertz CT molecular complexity index is 704. The molecule has 2 rings (SSSR count). The van der Waals surface area contributed by atoms with Gasteiger partial charge in [-0.3, -0.25) is 19.0 Å². The lowest BCUT2D eigenvalue weighted by Gasteiger charge is -2.17. The monoisotopic (exact) mass is 319 g/mol. The Kier molecular flexibility index (Phi) is 5.15. The molecule has 0 aliphatic rings. The molecular formula is C15H21N5O3. The highest BCUT2D eigenvalue weighted by molar-refractivity contribution is 5.92. The molecule has 8 nitrogen and oxygen atoms in total. The van der Waals surface area contributed by atoms with Crippen LogP contribution in [0.5, 0.6) is 0 Å².